The van der Waals surface area contributed by atoms with E-state index in [1.165, 1.54) is 33.8 Å². The highest BCUT2D eigenvalue weighted by Crippen LogP contribution is 2.23. The van der Waals surface area contributed by atoms with Gasteiger partial charge in [0.15, 0.2) is 0 Å². The van der Waals surface area contributed by atoms with Gasteiger partial charge in [0.25, 0.3) is 0 Å². The van der Waals surface area contributed by atoms with Crippen LogP contribution >= 0.6 is 0 Å². The average Bonchev–Trinajstić information content (AvgIpc) is 2.78. The number of benzene rings is 1. The Morgan fingerprint density at radius 2 is 1.60 bits per heavy atom. The number of carbonyl (C=O) groups excluding carboxylic acids is 1. The van der Waals surface area contributed by atoms with Crippen molar-refractivity contribution in [2.45, 2.75) is 18.9 Å². The number of nitrogens with zero attached hydrogens (tertiary/aromatic N) is 3. The number of pyridine rings is 1. The molecule has 35 heavy (non-hydrogen) atoms. The minimum atomic E-state index is -3.22. The van der Waals surface area contributed by atoms with Crippen molar-refractivity contribution in [2.24, 2.45) is 0 Å². The van der Waals surface area contributed by atoms with Gasteiger partial charge in [-0.15, -0.1) is 0 Å². The SMILES string of the molecule is CN(C(=O)Nc1ccc(-c2cc(F)cc(F)c2)cn1)C1CCN(S(C)(=O)=O)CC1.[B]B([B])B([B])[B]. The Morgan fingerprint density at radius 1 is 1.06 bits per heavy atom. The summed E-state index contributed by atoms with van der Waals surface area (Å²) in [6, 6.07) is 5.92. The Balaban J connectivity index is 0.000000641. The number of hydrogen-bond acceptors (Lipinski definition) is 4. The van der Waals surface area contributed by atoms with Crippen LogP contribution in [0.1, 0.15) is 12.8 Å². The van der Waals surface area contributed by atoms with Gasteiger partial charge in [-0.3, -0.25) is 5.32 Å². The predicted molar refractivity (Wildman–Crippen MR) is 140 cm³/mol. The molecular weight excluding hydrogens is 467 g/mol. The van der Waals surface area contributed by atoms with Crippen LogP contribution < -0.4 is 5.32 Å². The molecule has 2 amide bonds. The highest BCUT2D eigenvalue weighted by Gasteiger charge is 2.29. The number of aromatic nitrogens is 1. The molecule has 0 spiro atoms. The highest BCUT2D eigenvalue weighted by atomic mass is 32.2. The van der Waals surface area contributed by atoms with E-state index < -0.39 is 34.4 Å². The zero-order chi connectivity index (χ0) is 26.3. The van der Waals surface area contributed by atoms with Crippen molar-refractivity contribution in [1.29, 1.82) is 0 Å². The number of halogens is 2. The molecule has 0 bridgehead atoms. The molecule has 1 aromatic carbocycles. The van der Waals surface area contributed by atoms with E-state index in [9.17, 15) is 22.0 Å². The standard InChI is InChI=1S/C19H22F2N4O3S.B6/c1-24(17-5-7-25(8-6-17)29(2,27)28)19(26)23-18-4-3-13(12-22-18)14-9-15(20)11-16(21)10-14;1-5(2)6(3)4/h3-4,9-12,17H,5-8H2,1-2H3,(H,22,23,26);. The Labute approximate surface area is 211 Å². The Hall–Kier alpha value is -2.20. The number of carbonyl (C=O) groups is 1. The highest BCUT2D eigenvalue weighted by molar-refractivity contribution is 7.88. The first-order valence-electron chi connectivity index (χ1n) is 10.7. The fraction of sp³-hybridized carbons (Fsp3) is 0.368. The molecular formula is C19H22B6F2N4O3S. The maximum absolute atomic E-state index is 13.4. The van der Waals surface area contributed by atoms with E-state index >= 15 is 0 Å². The minimum Gasteiger partial charge on any atom is -0.324 e. The van der Waals surface area contributed by atoms with Crippen LogP contribution in [0.5, 0.6) is 0 Å². The minimum absolute atomic E-state index is 0.0810. The third kappa shape index (κ3) is 9.07. The second kappa shape index (κ2) is 12.7. The number of sulfonamides is 1. The van der Waals surface area contributed by atoms with E-state index in [1.54, 1.807) is 19.2 Å². The van der Waals surface area contributed by atoms with E-state index in [-0.39, 0.29) is 12.1 Å². The van der Waals surface area contributed by atoms with Gasteiger partial charge in [0.2, 0.25) is 10.0 Å². The van der Waals surface area contributed by atoms with Crippen LogP contribution in [0.4, 0.5) is 19.4 Å². The van der Waals surface area contributed by atoms with E-state index in [1.807, 2.05) is 0 Å². The summed E-state index contributed by atoms with van der Waals surface area (Å²) in [4.78, 5) is 18.2. The normalized spacial score (nSPS) is 14.4. The largest absolute Gasteiger partial charge is 0.324 e. The maximum Gasteiger partial charge on any atom is 0.323 e. The number of urea groups is 1. The summed E-state index contributed by atoms with van der Waals surface area (Å²) >= 11 is 0. The lowest BCUT2D eigenvalue weighted by Gasteiger charge is -2.35. The van der Waals surface area contributed by atoms with Gasteiger partial charge in [0, 0.05) is 87.7 Å². The number of nitrogens with one attached hydrogen (secondary N) is 1. The lowest BCUT2D eigenvalue weighted by atomic mass is 8.81. The molecule has 1 aromatic heterocycles. The Bertz CT molecular complexity index is 1080. The van der Waals surface area contributed by atoms with Crippen molar-refractivity contribution in [3.63, 3.8) is 0 Å². The topological polar surface area (TPSA) is 82.6 Å². The molecule has 174 valence electrons. The molecule has 2 heterocycles. The van der Waals surface area contributed by atoms with Gasteiger partial charge in [-0.25, -0.2) is 31.3 Å². The summed E-state index contributed by atoms with van der Waals surface area (Å²) in [5, 5.41) is 2.68. The molecule has 0 saturated carbocycles. The second-order valence-electron chi connectivity index (χ2n) is 8.18. The quantitative estimate of drug-likeness (QED) is 0.625. The van der Waals surface area contributed by atoms with Crippen molar-refractivity contribution in [1.82, 2.24) is 14.2 Å². The molecule has 3 rings (SSSR count). The molecule has 0 unspecified atom stereocenters. The number of piperidine rings is 1. The second-order valence-corrected chi connectivity index (χ2v) is 10.2. The van der Waals surface area contributed by atoms with Crippen molar-refractivity contribution in [2.75, 3.05) is 31.7 Å². The molecule has 1 N–H and O–H groups in total. The molecule has 2 aromatic rings. The van der Waals surface area contributed by atoms with Crippen LogP contribution in [0.25, 0.3) is 11.1 Å². The van der Waals surface area contributed by atoms with Crippen LogP contribution in [0, 0.1) is 11.6 Å². The molecule has 1 saturated heterocycles. The summed E-state index contributed by atoms with van der Waals surface area (Å²) in [5.74, 6) is -1.06. The summed E-state index contributed by atoms with van der Waals surface area (Å²) in [6.07, 6.45) is 2.52. The van der Waals surface area contributed by atoms with Gasteiger partial charge in [0.05, 0.1) is 6.26 Å². The third-order valence-corrected chi connectivity index (χ3v) is 6.70. The van der Waals surface area contributed by atoms with Gasteiger partial charge < -0.3 is 4.90 Å². The molecule has 7 nitrogen and oxygen atoms in total. The van der Waals surface area contributed by atoms with Crippen LogP contribution in [0.2, 0.25) is 0 Å². The number of rotatable bonds is 5. The van der Waals surface area contributed by atoms with Crippen LogP contribution in [-0.4, -0.2) is 105 Å². The summed E-state index contributed by atoms with van der Waals surface area (Å²) in [7, 11) is 18.3. The van der Waals surface area contributed by atoms with E-state index in [2.05, 4.69) is 10.3 Å². The molecule has 8 radical (unpaired) electrons. The van der Waals surface area contributed by atoms with Crippen LogP contribution in [0.15, 0.2) is 36.5 Å². The van der Waals surface area contributed by atoms with E-state index in [4.69, 9.17) is 30.9 Å². The van der Waals surface area contributed by atoms with Crippen LogP contribution in [0.3, 0.4) is 0 Å². The van der Waals surface area contributed by atoms with Crippen molar-refractivity contribution in [3.05, 3.63) is 48.2 Å². The zero-order valence-electron chi connectivity index (χ0n) is 19.6. The summed E-state index contributed by atoms with van der Waals surface area (Å²) in [5.41, 5.74) is 0.866. The Morgan fingerprint density at radius 3 is 2.03 bits per heavy atom. The predicted octanol–water partition coefficient (Wildman–Crippen LogP) is 0.630. The van der Waals surface area contributed by atoms with Crippen molar-refractivity contribution >= 4 is 65.6 Å². The smallest absolute Gasteiger partial charge is 0.323 e. The lowest BCUT2D eigenvalue weighted by Crippen LogP contribution is -2.48. The fourth-order valence-electron chi connectivity index (χ4n) is 3.28. The third-order valence-electron chi connectivity index (χ3n) is 5.40. The summed E-state index contributed by atoms with van der Waals surface area (Å²) < 4.78 is 51.3. The first kappa shape index (κ1) is 29.0. The van der Waals surface area contributed by atoms with Gasteiger partial charge >= 0.3 is 6.03 Å². The number of amides is 2. The van der Waals surface area contributed by atoms with Gasteiger partial charge in [-0.1, -0.05) is 0 Å². The number of hydrogen-bond donors (Lipinski definition) is 1. The molecule has 1 fully saturated rings. The van der Waals surface area contributed by atoms with Crippen molar-refractivity contribution in [3.8, 4) is 11.1 Å². The van der Waals surface area contributed by atoms with Gasteiger partial charge in [0.1, 0.15) is 17.5 Å². The van der Waals surface area contributed by atoms with Gasteiger partial charge in [-0.05, 0) is 42.7 Å². The Kier molecular flexibility index (Phi) is 10.5. The van der Waals surface area contributed by atoms with E-state index in [0.29, 0.717) is 42.9 Å². The zero-order valence-corrected chi connectivity index (χ0v) is 20.4. The first-order chi connectivity index (χ1) is 16.3. The molecule has 1 aliphatic rings. The van der Waals surface area contributed by atoms with Gasteiger partial charge in [-0.2, -0.15) is 0 Å². The molecule has 16 heteroatoms. The molecule has 0 aliphatic carbocycles. The summed E-state index contributed by atoms with van der Waals surface area (Å²) in [6.45, 7) is 0.747. The molecule has 0 atom stereocenters. The number of anilines is 1. The molecule has 1 aliphatic heterocycles. The van der Waals surface area contributed by atoms with Crippen molar-refractivity contribution < 1.29 is 22.0 Å². The monoisotopic (exact) mass is 490 g/mol. The fourth-order valence-corrected chi connectivity index (χ4v) is 4.16. The van der Waals surface area contributed by atoms with Crippen LogP contribution in [-0.2, 0) is 10.0 Å². The van der Waals surface area contributed by atoms with E-state index in [0.717, 1.165) is 6.07 Å². The first-order valence-corrected chi connectivity index (χ1v) is 12.6. The average molecular weight is 489 g/mol. The maximum atomic E-state index is 13.4. The lowest BCUT2D eigenvalue weighted by molar-refractivity contribution is 0.174.